The van der Waals surface area contributed by atoms with Crippen molar-refractivity contribution in [3.8, 4) is 11.8 Å². The number of carbonyl (C=O) groups excluding carboxylic acids is 1. The number of aromatic nitrogens is 3. The van der Waals surface area contributed by atoms with Gasteiger partial charge in [-0.1, -0.05) is 6.07 Å². The maximum atomic E-state index is 13.3. The van der Waals surface area contributed by atoms with Gasteiger partial charge < -0.3 is 10.1 Å². The number of rotatable bonds is 3. The lowest BCUT2D eigenvalue weighted by Gasteiger charge is -2.23. The van der Waals surface area contributed by atoms with Crippen molar-refractivity contribution >= 4 is 17.0 Å². The van der Waals surface area contributed by atoms with Gasteiger partial charge in [0.05, 0.1) is 34.4 Å². The summed E-state index contributed by atoms with van der Waals surface area (Å²) in [4.78, 5) is 34.2. The van der Waals surface area contributed by atoms with E-state index in [-0.39, 0.29) is 10.9 Å². The monoisotopic (exact) mass is 391 g/mol. The first kappa shape index (κ1) is 20.0. The lowest BCUT2D eigenvalue weighted by Crippen LogP contribution is -2.37. The highest BCUT2D eigenvalue weighted by Gasteiger charge is 2.23. The average molecular weight is 391 g/mol. The number of nitrogens with one attached hydrogen (secondary N) is 1. The van der Waals surface area contributed by atoms with Gasteiger partial charge in [-0.2, -0.15) is 5.26 Å². The normalized spacial score (nSPS) is 12.2. The second-order valence-corrected chi connectivity index (χ2v) is 7.50. The van der Waals surface area contributed by atoms with Crippen molar-refractivity contribution < 1.29 is 9.53 Å². The molecule has 3 rings (SSSR count). The van der Waals surface area contributed by atoms with E-state index in [1.54, 1.807) is 64.2 Å². The fourth-order valence-electron chi connectivity index (χ4n) is 2.92. The molecule has 8 heteroatoms. The molecule has 1 amide bonds. The van der Waals surface area contributed by atoms with Crippen molar-refractivity contribution in [3.63, 3.8) is 0 Å². The van der Waals surface area contributed by atoms with Gasteiger partial charge in [-0.3, -0.25) is 14.3 Å². The van der Waals surface area contributed by atoms with Gasteiger partial charge in [0.1, 0.15) is 17.5 Å². The van der Waals surface area contributed by atoms with E-state index in [0.717, 1.165) is 0 Å². The minimum absolute atomic E-state index is 0.215. The molecule has 0 saturated carbocycles. The molecule has 1 N–H and O–H groups in total. The molecule has 0 unspecified atom stereocenters. The van der Waals surface area contributed by atoms with Crippen molar-refractivity contribution in [1.82, 2.24) is 19.9 Å². The molecule has 29 heavy (non-hydrogen) atoms. The van der Waals surface area contributed by atoms with E-state index in [1.165, 1.54) is 10.8 Å². The van der Waals surface area contributed by atoms with Crippen LogP contribution < -0.4 is 10.9 Å². The van der Waals surface area contributed by atoms with Crippen molar-refractivity contribution in [3.05, 3.63) is 64.5 Å². The molecule has 0 bridgehead atoms. The molecule has 1 aromatic carbocycles. The van der Waals surface area contributed by atoms with Gasteiger partial charge in [0.25, 0.3) is 5.56 Å². The number of amides is 1. The van der Waals surface area contributed by atoms with Gasteiger partial charge in [0, 0.05) is 6.20 Å². The largest absolute Gasteiger partial charge is 0.444 e. The average Bonchev–Trinajstić information content (AvgIpc) is 2.66. The summed E-state index contributed by atoms with van der Waals surface area (Å²) in [7, 11) is 0. The molecule has 0 aliphatic rings. The summed E-state index contributed by atoms with van der Waals surface area (Å²) in [5, 5.41) is 12.3. The highest BCUT2D eigenvalue weighted by Crippen LogP contribution is 2.20. The van der Waals surface area contributed by atoms with Crippen LogP contribution in [0.15, 0.2) is 47.5 Å². The molecular formula is C21H21N5O3. The van der Waals surface area contributed by atoms with Crippen LogP contribution in [0.4, 0.5) is 4.79 Å². The summed E-state index contributed by atoms with van der Waals surface area (Å²) in [6.45, 7) is 7.00. The van der Waals surface area contributed by atoms with E-state index in [9.17, 15) is 14.9 Å². The van der Waals surface area contributed by atoms with Gasteiger partial charge in [0.15, 0.2) is 0 Å². The number of nitriles is 1. The van der Waals surface area contributed by atoms with E-state index < -0.39 is 23.3 Å². The number of hydrogen-bond acceptors (Lipinski definition) is 6. The number of alkyl carbamates (subject to hydrolysis) is 1. The van der Waals surface area contributed by atoms with Gasteiger partial charge in [-0.15, -0.1) is 0 Å². The van der Waals surface area contributed by atoms with Crippen LogP contribution in [0.2, 0.25) is 0 Å². The van der Waals surface area contributed by atoms with Gasteiger partial charge in [-0.05, 0) is 52.0 Å². The maximum absolute atomic E-state index is 13.3. The topological polar surface area (TPSA) is 110 Å². The van der Waals surface area contributed by atoms with Crippen LogP contribution in [-0.2, 0) is 4.74 Å². The van der Waals surface area contributed by atoms with E-state index >= 15 is 0 Å². The Morgan fingerprint density at radius 3 is 2.66 bits per heavy atom. The Labute approximate surface area is 167 Å². The summed E-state index contributed by atoms with van der Waals surface area (Å²) in [6.07, 6.45) is 2.49. The lowest BCUT2D eigenvalue weighted by molar-refractivity contribution is 0.0505. The number of pyridine rings is 1. The molecule has 0 fully saturated rings. The van der Waals surface area contributed by atoms with E-state index in [1.807, 2.05) is 6.07 Å². The molecule has 0 saturated heterocycles. The minimum atomic E-state index is -0.661. The Balaban J connectivity index is 2.19. The van der Waals surface area contributed by atoms with E-state index in [4.69, 9.17) is 4.74 Å². The number of carbonyl (C=O) groups is 1. The molecule has 2 heterocycles. The van der Waals surface area contributed by atoms with Crippen LogP contribution in [0.25, 0.3) is 16.6 Å². The molecule has 2 aromatic heterocycles. The zero-order valence-electron chi connectivity index (χ0n) is 16.6. The first-order chi connectivity index (χ1) is 13.7. The second-order valence-electron chi connectivity index (χ2n) is 7.50. The highest BCUT2D eigenvalue weighted by molar-refractivity contribution is 5.84. The Hall–Kier alpha value is -3.73. The third kappa shape index (κ3) is 4.24. The van der Waals surface area contributed by atoms with Crippen molar-refractivity contribution in [2.24, 2.45) is 0 Å². The lowest BCUT2D eigenvalue weighted by atomic mass is 10.1. The van der Waals surface area contributed by atoms with Crippen molar-refractivity contribution in [2.75, 3.05) is 0 Å². The molecule has 1 atom stereocenters. The zero-order chi connectivity index (χ0) is 21.2. The van der Waals surface area contributed by atoms with Crippen molar-refractivity contribution in [1.29, 1.82) is 5.26 Å². The van der Waals surface area contributed by atoms with Crippen LogP contribution in [-0.4, -0.2) is 26.2 Å². The van der Waals surface area contributed by atoms with E-state index in [0.29, 0.717) is 17.0 Å². The highest BCUT2D eigenvalue weighted by atomic mass is 16.6. The van der Waals surface area contributed by atoms with Crippen LogP contribution in [0.1, 0.15) is 45.1 Å². The summed E-state index contributed by atoms with van der Waals surface area (Å²) >= 11 is 0. The first-order valence-electron chi connectivity index (χ1n) is 9.07. The third-order valence-electron chi connectivity index (χ3n) is 4.07. The molecule has 0 aliphatic carbocycles. The Morgan fingerprint density at radius 2 is 2.03 bits per heavy atom. The number of fused-ring (bicyclic) bond motifs is 1. The Kier molecular flexibility index (Phi) is 5.33. The fourth-order valence-corrected chi connectivity index (χ4v) is 2.92. The Morgan fingerprint density at radius 1 is 1.28 bits per heavy atom. The predicted molar refractivity (Wildman–Crippen MR) is 108 cm³/mol. The summed E-state index contributed by atoms with van der Waals surface area (Å²) < 4.78 is 6.67. The summed E-state index contributed by atoms with van der Waals surface area (Å²) in [5.74, 6) is 0.302. The van der Waals surface area contributed by atoms with Crippen molar-refractivity contribution in [2.45, 2.75) is 39.3 Å². The number of hydrogen-bond donors (Lipinski definition) is 1. The number of nitrogens with zero attached hydrogens (tertiary/aromatic N) is 4. The second kappa shape index (κ2) is 7.72. The van der Waals surface area contributed by atoms with Crippen LogP contribution >= 0.6 is 0 Å². The molecule has 0 spiro atoms. The SMILES string of the molecule is C[C@H](NC(=O)OC(C)(C)C)c1nc2cccc(C#N)c2c(=O)n1-c1cccnc1. The van der Waals surface area contributed by atoms with E-state index in [2.05, 4.69) is 15.3 Å². The molecule has 148 valence electrons. The molecule has 0 radical (unpaired) electrons. The quantitative estimate of drug-likeness (QED) is 0.734. The standard InChI is InChI=1S/C21H21N5O3/c1-13(24-20(28)29-21(2,3)4)18-25-16-9-5-7-14(11-22)17(16)19(27)26(18)15-8-6-10-23-12-15/h5-10,12-13H,1-4H3,(H,24,28)/t13-/m0/s1. The predicted octanol–water partition coefficient (Wildman–Crippen LogP) is 3.24. The molecular weight excluding hydrogens is 370 g/mol. The first-order valence-corrected chi connectivity index (χ1v) is 9.07. The maximum Gasteiger partial charge on any atom is 0.408 e. The van der Waals surface area contributed by atoms with Gasteiger partial charge in [-0.25, -0.2) is 9.78 Å². The van der Waals surface area contributed by atoms with Crippen LogP contribution in [0.3, 0.4) is 0 Å². The van der Waals surface area contributed by atoms with Crippen LogP contribution in [0.5, 0.6) is 0 Å². The fraction of sp³-hybridized carbons (Fsp3) is 0.286. The number of benzene rings is 1. The Bertz CT molecular complexity index is 1160. The van der Waals surface area contributed by atoms with Crippen LogP contribution in [0, 0.1) is 11.3 Å². The molecule has 8 nitrogen and oxygen atoms in total. The summed E-state index contributed by atoms with van der Waals surface area (Å²) in [5.41, 5.74) is 0.0187. The number of ether oxygens (including phenoxy) is 1. The smallest absolute Gasteiger partial charge is 0.408 e. The molecule has 0 aliphatic heterocycles. The minimum Gasteiger partial charge on any atom is -0.444 e. The zero-order valence-corrected chi connectivity index (χ0v) is 16.6. The third-order valence-corrected chi connectivity index (χ3v) is 4.07. The molecule has 3 aromatic rings. The van der Waals surface area contributed by atoms with Gasteiger partial charge >= 0.3 is 6.09 Å². The summed E-state index contributed by atoms with van der Waals surface area (Å²) in [6, 6.07) is 9.69. The van der Waals surface area contributed by atoms with Gasteiger partial charge in [0.2, 0.25) is 0 Å².